The zero-order chi connectivity index (χ0) is 13.5. The molecule has 2 aromatic rings. The lowest BCUT2D eigenvalue weighted by Gasteiger charge is -2.07. The fraction of sp³-hybridized carbons (Fsp3) is 0.133. The van der Waals surface area contributed by atoms with Crippen LogP contribution in [0.5, 0.6) is 5.75 Å². The van der Waals surface area contributed by atoms with Crippen LogP contribution in [-0.2, 0) is 17.9 Å². The standard InChI is InChI=1S/C15H15NO3/c17-14-8-6-12(7-9-14)10-16-15(18)19-11-13-4-2-1-3-5-13/h1-9,17H,10-11H2,(H,16,18). The number of aromatic hydroxyl groups is 1. The van der Waals surface area contributed by atoms with E-state index in [2.05, 4.69) is 5.32 Å². The van der Waals surface area contributed by atoms with E-state index < -0.39 is 6.09 Å². The third-order valence-electron chi connectivity index (χ3n) is 2.59. The van der Waals surface area contributed by atoms with E-state index in [-0.39, 0.29) is 12.4 Å². The van der Waals surface area contributed by atoms with E-state index in [1.807, 2.05) is 30.3 Å². The number of carbonyl (C=O) groups is 1. The topological polar surface area (TPSA) is 58.6 Å². The summed E-state index contributed by atoms with van der Waals surface area (Å²) in [4.78, 5) is 11.5. The van der Waals surface area contributed by atoms with Crippen molar-refractivity contribution in [3.8, 4) is 5.75 Å². The summed E-state index contributed by atoms with van der Waals surface area (Å²) < 4.78 is 5.07. The number of amides is 1. The van der Waals surface area contributed by atoms with Crippen LogP contribution in [0.4, 0.5) is 4.79 Å². The van der Waals surface area contributed by atoms with Crippen LogP contribution in [0, 0.1) is 0 Å². The Kier molecular flexibility index (Phi) is 4.39. The number of ether oxygens (including phenoxy) is 1. The van der Waals surface area contributed by atoms with Gasteiger partial charge in [-0.1, -0.05) is 42.5 Å². The van der Waals surface area contributed by atoms with Gasteiger partial charge in [-0.2, -0.15) is 0 Å². The second kappa shape index (κ2) is 6.44. The summed E-state index contributed by atoms with van der Waals surface area (Å²) in [5, 5.41) is 11.8. The lowest BCUT2D eigenvalue weighted by atomic mass is 10.2. The molecule has 0 heterocycles. The summed E-state index contributed by atoms with van der Waals surface area (Å²) >= 11 is 0. The Morgan fingerprint density at radius 3 is 2.37 bits per heavy atom. The number of hydrogen-bond acceptors (Lipinski definition) is 3. The molecule has 0 radical (unpaired) electrons. The fourth-order valence-corrected chi connectivity index (χ4v) is 1.56. The highest BCUT2D eigenvalue weighted by atomic mass is 16.5. The minimum absolute atomic E-state index is 0.204. The van der Waals surface area contributed by atoms with Gasteiger partial charge in [-0.3, -0.25) is 0 Å². The number of nitrogens with one attached hydrogen (secondary N) is 1. The van der Waals surface area contributed by atoms with Crippen molar-refractivity contribution in [2.75, 3.05) is 0 Å². The average molecular weight is 257 g/mol. The number of phenolic OH excluding ortho intramolecular Hbond substituents is 1. The molecule has 1 amide bonds. The van der Waals surface area contributed by atoms with Crippen molar-refractivity contribution in [2.45, 2.75) is 13.2 Å². The summed E-state index contributed by atoms with van der Waals surface area (Å²) in [6.45, 7) is 0.621. The van der Waals surface area contributed by atoms with Gasteiger partial charge in [0.15, 0.2) is 0 Å². The molecule has 2 N–H and O–H groups in total. The first-order chi connectivity index (χ1) is 9.24. The monoisotopic (exact) mass is 257 g/mol. The molecule has 0 fully saturated rings. The van der Waals surface area contributed by atoms with Gasteiger partial charge >= 0.3 is 6.09 Å². The molecule has 0 spiro atoms. The van der Waals surface area contributed by atoms with Crippen LogP contribution in [0.15, 0.2) is 54.6 Å². The van der Waals surface area contributed by atoms with Crippen molar-refractivity contribution < 1.29 is 14.6 Å². The Morgan fingerprint density at radius 1 is 1.00 bits per heavy atom. The molecule has 2 rings (SSSR count). The van der Waals surface area contributed by atoms with E-state index in [4.69, 9.17) is 9.84 Å². The molecule has 2 aromatic carbocycles. The van der Waals surface area contributed by atoms with Crippen molar-refractivity contribution in [2.24, 2.45) is 0 Å². The van der Waals surface area contributed by atoms with E-state index in [1.54, 1.807) is 24.3 Å². The fourth-order valence-electron chi connectivity index (χ4n) is 1.56. The first-order valence-corrected chi connectivity index (χ1v) is 5.96. The molecule has 19 heavy (non-hydrogen) atoms. The smallest absolute Gasteiger partial charge is 0.407 e. The Labute approximate surface area is 111 Å². The van der Waals surface area contributed by atoms with E-state index >= 15 is 0 Å². The van der Waals surface area contributed by atoms with Crippen LogP contribution in [0.3, 0.4) is 0 Å². The minimum atomic E-state index is -0.461. The third-order valence-corrected chi connectivity index (χ3v) is 2.59. The lowest BCUT2D eigenvalue weighted by molar-refractivity contribution is 0.139. The number of alkyl carbamates (subject to hydrolysis) is 1. The molecule has 0 aromatic heterocycles. The van der Waals surface area contributed by atoms with E-state index in [1.165, 1.54) is 0 Å². The molecule has 0 bridgehead atoms. The highest BCUT2D eigenvalue weighted by Gasteiger charge is 2.02. The Bertz CT molecular complexity index is 523. The van der Waals surface area contributed by atoms with E-state index in [0.717, 1.165) is 11.1 Å². The van der Waals surface area contributed by atoms with E-state index in [0.29, 0.717) is 6.54 Å². The van der Waals surface area contributed by atoms with Crippen molar-refractivity contribution in [3.63, 3.8) is 0 Å². The largest absolute Gasteiger partial charge is 0.508 e. The highest BCUT2D eigenvalue weighted by Crippen LogP contribution is 2.09. The molecule has 0 saturated heterocycles. The molecule has 0 atom stereocenters. The van der Waals surface area contributed by atoms with Crippen molar-refractivity contribution in [1.29, 1.82) is 0 Å². The number of phenols is 1. The average Bonchev–Trinajstić information content (AvgIpc) is 2.45. The van der Waals surface area contributed by atoms with Gasteiger partial charge in [0.25, 0.3) is 0 Å². The van der Waals surface area contributed by atoms with Gasteiger partial charge in [0.2, 0.25) is 0 Å². The predicted octanol–water partition coefficient (Wildman–Crippen LogP) is 2.82. The predicted molar refractivity (Wildman–Crippen MR) is 71.6 cm³/mol. The van der Waals surface area contributed by atoms with Crippen LogP contribution in [0.1, 0.15) is 11.1 Å². The number of rotatable bonds is 4. The Balaban J connectivity index is 1.74. The molecule has 0 aliphatic carbocycles. The van der Waals surface area contributed by atoms with E-state index in [9.17, 15) is 4.79 Å². The Morgan fingerprint density at radius 2 is 1.68 bits per heavy atom. The highest BCUT2D eigenvalue weighted by molar-refractivity contribution is 5.67. The first kappa shape index (κ1) is 13.0. The maximum Gasteiger partial charge on any atom is 0.407 e. The van der Waals surface area contributed by atoms with Crippen molar-refractivity contribution in [3.05, 3.63) is 65.7 Å². The summed E-state index contributed by atoms with van der Waals surface area (Å²) in [6.07, 6.45) is -0.461. The van der Waals surface area contributed by atoms with Gasteiger partial charge in [-0.25, -0.2) is 4.79 Å². The zero-order valence-electron chi connectivity index (χ0n) is 10.4. The first-order valence-electron chi connectivity index (χ1n) is 5.96. The molecule has 0 saturated carbocycles. The van der Waals surface area contributed by atoms with Gasteiger partial charge in [-0.05, 0) is 23.3 Å². The van der Waals surface area contributed by atoms with Gasteiger partial charge in [0.05, 0.1) is 0 Å². The summed E-state index contributed by atoms with van der Waals surface area (Å²) in [5.41, 5.74) is 1.84. The number of hydrogen-bond donors (Lipinski definition) is 2. The summed E-state index contributed by atoms with van der Waals surface area (Å²) in [5.74, 6) is 0.204. The number of carbonyl (C=O) groups excluding carboxylic acids is 1. The van der Waals surface area contributed by atoms with Gasteiger partial charge in [-0.15, -0.1) is 0 Å². The van der Waals surface area contributed by atoms with Crippen LogP contribution in [0.25, 0.3) is 0 Å². The molecular formula is C15H15NO3. The third kappa shape index (κ3) is 4.35. The molecule has 98 valence electrons. The normalized spacial score (nSPS) is 9.89. The molecule has 4 nitrogen and oxygen atoms in total. The quantitative estimate of drug-likeness (QED) is 0.885. The minimum Gasteiger partial charge on any atom is -0.508 e. The van der Waals surface area contributed by atoms with Crippen LogP contribution in [-0.4, -0.2) is 11.2 Å². The second-order valence-electron chi connectivity index (χ2n) is 4.08. The van der Waals surface area contributed by atoms with Gasteiger partial charge in [0.1, 0.15) is 12.4 Å². The summed E-state index contributed by atoms with van der Waals surface area (Å²) in [6, 6.07) is 16.1. The lowest BCUT2D eigenvalue weighted by Crippen LogP contribution is -2.23. The molecule has 0 unspecified atom stereocenters. The maximum atomic E-state index is 11.5. The Hall–Kier alpha value is -2.49. The van der Waals surface area contributed by atoms with Crippen LogP contribution >= 0.6 is 0 Å². The zero-order valence-corrected chi connectivity index (χ0v) is 10.4. The molecule has 4 heteroatoms. The molecule has 0 aliphatic rings. The SMILES string of the molecule is O=C(NCc1ccc(O)cc1)OCc1ccccc1. The van der Waals surface area contributed by atoms with Crippen LogP contribution < -0.4 is 5.32 Å². The second-order valence-corrected chi connectivity index (χ2v) is 4.08. The maximum absolute atomic E-state index is 11.5. The van der Waals surface area contributed by atoms with Gasteiger partial charge < -0.3 is 15.2 Å². The molecular weight excluding hydrogens is 242 g/mol. The molecule has 0 aliphatic heterocycles. The summed E-state index contributed by atoms with van der Waals surface area (Å²) in [7, 11) is 0. The number of benzene rings is 2. The van der Waals surface area contributed by atoms with Crippen molar-refractivity contribution >= 4 is 6.09 Å². The van der Waals surface area contributed by atoms with Crippen LogP contribution in [0.2, 0.25) is 0 Å². The van der Waals surface area contributed by atoms with Crippen molar-refractivity contribution in [1.82, 2.24) is 5.32 Å². The van der Waals surface area contributed by atoms with Gasteiger partial charge in [0, 0.05) is 6.54 Å².